The molecule has 0 saturated heterocycles. The molecule has 6 nitrogen and oxygen atoms in total. The molecule has 192 valence electrons. The van der Waals surface area contributed by atoms with Crippen LogP contribution in [0.1, 0.15) is 106 Å². The lowest BCUT2D eigenvalue weighted by Gasteiger charge is -2.42. The molecule has 0 bridgehead atoms. The Labute approximate surface area is 213 Å². The number of ketones is 1. The molecule has 1 amide bonds. The van der Waals surface area contributed by atoms with Crippen LogP contribution in [0.15, 0.2) is 42.5 Å². The molecule has 1 aliphatic heterocycles. The van der Waals surface area contributed by atoms with Gasteiger partial charge in [0.15, 0.2) is 16.9 Å². The van der Waals surface area contributed by atoms with E-state index in [0.29, 0.717) is 41.7 Å². The minimum Gasteiger partial charge on any atom is -0.481 e. The second-order valence-corrected chi connectivity index (χ2v) is 10.4. The van der Waals surface area contributed by atoms with E-state index >= 15 is 0 Å². The van der Waals surface area contributed by atoms with Crippen LogP contribution in [0.2, 0.25) is 0 Å². The lowest BCUT2D eigenvalue weighted by Crippen LogP contribution is -2.64. The van der Waals surface area contributed by atoms with Gasteiger partial charge >= 0.3 is 5.97 Å². The lowest BCUT2D eigenvalue weighted by molar-refractivity contribution is -0.156. The van der Waals surface area contributed by atoms with E-state index in [9.17, 15) is 19.5 Å². The van der Waals surface area contributed by atoms with Crippen molar-refractivity contribution in [3.05, 3.63) is 64.7 Å². The second-order valence-electron chi connectivity index (χ2n) is 10.4. The van der Waals surface area contributed by atoms with E-state index in [-0.39, 0.29) is 24.0 Å². The molecule has 3 unspecified atom stereocenters. The first-order valence-electron chi connectivity index (χ1n) is 13.3. The highest BCUT2D eigenvalue weighted by Gasteiger charge is 2.75. The molecule has 0 radical (unpaired) electrons. The van der Waals surface area contributed by atoms with Gasteiger partial charge in [-0.05, 0) is 30.4 Å². The van der Waals surface area contributed by atoms with E-state index in [1.54, 1.807) is 24.3 Å². The van der Waals surface area contributed by atoms with Crippen molar-refractivity contribution in [2.75, 3.05) is 0 Å². The third kappa shape index (κ3) is 3.82. The number of carbonyl (C=O) groups excluding carboxylic acids is 2. The molecule has 0 aromatic heterocycles. The van der Waals surface area contributed by atoms with Crippen molar-refractivity contribution in [1.29, 1.82) is 0 Å². The number of aliphatic carboxylic acids is 1. The molecule has 0 fully saturated rings. The Balaban J connectivity index is 1.99. The van der Waals surface area contributed by atoms with E-state index < -0.39 is 23.0 Å². The van der Waals surface area contributed by atoms with Gasteiger partial charge in [0, 0.05) is 23.1 Å². The van der Waals surface area contributed by atoms with Crippen molar-refractivity contribution < 1.29 is 24.2 Å². The molecule has 0 spiro atoms. The van der Waals surface area contributed by atoms with Gasteiger partial charge in [-0.2, -0.15) is 0 Å². The van der Waals surface area contributed by atoms with Gasteiger partial charge in [-0.15, -0.1) is 0 Å². The number of carboxylic acids is 1. The summed E-state index contributed by atoms with van der Waals surface area (Å²) in [6, 6.07) is 12.8. The maximum absolute atomic E-state index is 14.4. The predicted molar refractivity (Wildman–Crippen MR) is 138 cm³/mol. The third-order valence-electron chi connectivity index (χ3n) is 7.79. The second kappa shape index (κ2) is 10.1. The zero-order valence-corrected chi connectivity index (χ0v) is 21.7. The summed E-state index contributed by atoms with van der Waals surface area (Å²) < 4.78 is 6.74. The van der Waals surface area contributed by atoms with Crippen molar-refractivity contribution >= 4 is 17.7 Å². The molecule has 0 saturated carbocycles. The third-order valence-corrected chi connectivity index (χ3v) is 7.79. The lowest BCUT2D eigenvalue weighted by atomic mass is 9.67. The monoisotopic (exact) mass is 491 g/mol. The highest BCUT2D eigenvalue weighted by atomic mass is 16.5. The van der Waals surface area contributed by atoms with Crippen LogP contribution in [0.4, 0.5) is 0 Å². The summed E-state index contributed by atoms with van der Waals surface area (Å²) in [4.78, 5) is 40.6. The number of rotatable bonds is 11. The number of Topliss-reactive ketones (excluding diaryl/α,β-unsaturated/α-hetero) is 1. The number of hydrogen-bond acceptors (Lipinski definition) is 4. The fourth-order valence-electron chi connectivity index (χ4n) is 5.95. The predicted octanol–water partition coefficient (Wildman–Crippen LogP) is 6.08. The molecular weight excluding hydrogens is 454 g/mol. The van der Waals surface area contributed by atoms with E-state index in [1.165, 1.54) is 0 Å². The van der Waals surface area contributed by atoms with Crippen LogP contribution >= 0.6 is 0 Å². The Morgan fingerprint density at radius 3 is 2.39 bits per heavy atom. The number of amides is 1. The molecule has 1 heterocycles. The Kier molecular flexibility index (Phi) is 7.26. The number of ether oxygens (including phenoxy) is 1. The Morgan fingerprint density at radius 2 is 1.72 bits per heavy atom. The summed E-state index contributed by atoms with van der Waals surface area (Å²) in [5.41, 5.74) is -0.696. The molecular formula is C30H37NO5. The van der Waals surface area contributed by atoms with Gasteiger partial charge < -0.3 is 15.2 Å². The summed E-state index contributed by atoms with van der Waals surface area (Å²) in [6.45, 7) is 8.21. The fraction of sp³-hybridized carbons (Fsp3) is 0.500. The van der Waals surface area contributed by atoms with E-state index in [4.69, 9.17) is 4.74 Å². The maximum Gasteiger partial charge on any atom is 0.311 e. The quantitative estimate of drug-likeness (QED) is 0.372. The summed E-state index contributed by atoms with van der Waals surface area (Å²) in [5, 5.41) is 13.6. The number of benzene rings is 2. The molecule has 1 aliphatic carbocycles. The van der Waals surface area contributed by atoms with Crippen LogP contribution in [-0.4, -0.2) is 22.8 Å². The molecule has 36 heavy (non-hydrogen) atoms. The van der Waals surface area contributed by atoms with Gasteiger partial charge in [-0.25, -0.2) is 0 Å². The van der Waals surface area contributed by atoms with Crippen molar-refractivity contribution in [3.63, 3.8) is 0 Å². The topological polar surface area (TPSA) is 92.7 Å². The van der Waals surface area contributed by atoms with Gasteiger partial charge in [0.25, 0.3) is 0 Å². The fourth-order valence-corrected chi connectivity index (χ4v) is 5.95. The van der Waals surface area contributed by atoms with Crippen molar-refractivity contribution in [2.24, 2.45) is 5.92 Å². The van der Waals surface area contributed by atoms with Crippen LogP contribution < -0.4 is 10.1 Å². The van der Waals surface area contributed by atoms with Crippen molar-refractivity contribution in [3.8, 4) is 5.75 Å². The summed E-state index contributed by atoms with van der Waals surface area (Å²) in [7, 11) is 0. The first-order chi connectivity index (χ1) is 17.2. The van der Waals surface area contributed by atoms with E-state index in [0.717, 1.165) is 24.8 Å². The SMILES string of the molecule is CCCCCC(=O)NC12C(=O)c3ccccc3C1(C(CCCC)C(=O)O)Oc1cc(C(C)C)ccc12. The van der Waals surface area contributed by atoms with Gasteiger partial charge in [0.1, 0.15) is 11.7 Å². The Morgan fingerprint density at radius 1 is 1.00 bits per heavy atom. The smallest absolute Gasteiger partial charge is 0.311 e. The number of unbranched alkanes of at least 4 members (excludes halogenated alkanes) is 3. The van der Waals surface area contributed by atoms with Crippen LogP contribution in [-0.2, 0) is 20.7 Å². The largest absolute Gasteiger partial charge is 0.481 e. The summed E-state index contributed by atoms with van der Waals surface area (Å²) >= 11 is 0. The number of carboxylic acid groups (broad SMARTS) is 1. The molecule has 6 heteroatoms. The minimum absolute atomic E-state index is 0.216. The highest BCUT2D eigenvalue weighted by Crippen LogP contribution is 2.63. The minimum atomic E-state index is -1.64. The zero-order valence-electron chi connectivity index (χ0n) is 21.7. The normalized spacial score (nSPS) is 22.5. The summed E-state index contributed by atoms with van der Waals surface area (Å²) in [6.07, 6.45) is 4.62. The number of nitrogens with one attached hydrogen (secondary N) is 1. The Hall–Kier alpha value is -3.15. The standard InChI is InChI=1S/C30H37NO5/c1-5-7-9-15-26(32)31-29-23-17-16-20(19(3)4)18-25(23)36-30(29,24(28(34)35)13-8-6-2)22-14-11-10-12-21(22)27(29)33/h10-12,14,16-19,24H,5-9,13,15H2,1-4H3,(H,31,32)(H,34,35). The van der Waals surface area contributed by atoms with Crippen molar-refractivity contribution in [2.45, 2.75) is 89.7 Å². The van der Waals surface area contributed by atoms with Gasteiger partial charge in [-0.1, -0.05) is 89.8 Å². The first-order valence-corrected chi connectivity index (χ1v) is 13.3. The average molecular weight is 492 g/mol. The van der Waals surface area contributed by atoms with E-state index in [2.05, 4.69) is 26.1 Å². The Bertz CT molecular complexity index is 1170. The molecule has 2 aliphatic rings. The van der Waals surface area contributed by atoms with Crippen LogP contribution in [0.5, 0.6) is 5.75 Å². The number of hydrogen-bond donors (Lipinski definition) is 2. The van der Waals surface area contributed by atoms with Crippen LogP contribution in [0, 0.1) is 5.92 Å². The molecule has 4 rings (SSSR count). The number of carbonyl (C=O) groups is 3. The van der Waals surface area contributed by atoms with Crippen LogP contribution in [0.3, 0.4) is 0 Å². The zero-order chi connectivity index (χ0) is 26.1. The maximum atomic E-state index is 14.4. The van der Waals surface area contributed by atoms with Gasteiger partial charge in [0.2, 0.25) is 5.91 Å². The molecule has 2 N–H and O–H groups in total. The van der Waals surface area contributed by atoms with Gasteiger partial charge in [-0.3, -0.25) is 14.4 Å². The molecule has 3 atom stereocenters. The van der Waals surface area contributed by atoms with Gasteiger partial charge in [0.05, 0.1) is 0 Å². The highest BCUT2D eigenvalue weighted by molar-refractivity contribution is 6.13. The first kappa shape index (κ1) is 25.9. The van der Waals surface area contributed by atoms with E-state index in [1.807, 2.05) is 25.1 Å². The molecule has 2 aromatic rings. The van der Waals surface area contributed by atoms with Crippen LogP contribution in [0.25, 0.3) is 0 Å². The molecule has 2 aromatic carbocycles. The summed E-state index contributed by atoms with van der Waals surface area (Å²) in [5.74, 6) is -1.95. The number of fused-ring (bicyclic) bond motifs is 5. The average Bonchev–Trinajstić information content (AvgIpc) is 3.24. The van der Waals surface area contributed by atoms with Crippen molar-refractivity contribution in [1.82, 2.24) is 5.32 Å².